The maximum absolute atomic E-state index is 11.6. The van der Waals surface area contributed by atoms with E-state index in [0.717, 1.165) is 12.5 Å². The predicted molar refractivity (Wildman–Crippen MR) is 66.3 cm³/mol. The molecule has 0 aliphatic carbocycles. The van der Waals surface area contributed by atoms with E-state index < -0.39 is 16.9 Å². The molecule has 0 spiro atoms. The number of phenolic OH excluding ortho intramolecular Hbond substituents is 1. The van der Waals surface area contributed by atoms with E-state index in [1.165, 1.54) is 12.1 Å². The zero-order valence-corrected chi connectivity index (χ0v) is 9.92. The minimum absolute atomic E-state index is 0.0225. The zero-order chi connectivity index (χ0) is 13.7. The molecule has 4 N–H and O–H groups in total. The minimum Gasteiger partial charge on any atom is -0.508 e. The van der Waals surface area contributed by atoms with Crippen molar-refractivity contribution < 1.29 is 14.8 Å². The molecule has 0 radical (unpaired) electrons. The van der Waals surface area contributed by atoms with Gasteiger partial charge in [-0.25, -0.2) is 0 Å². The number of benzene rings is 1. The Hall–Kier alpha value is -2.15. The number of hydrogen-bond donors (Lipinski definition) is 3. The Bertz CT molecular complexity index is 462. The number of nitro benzene ring substituents is 1. The molecule has 18 heavy (non-hydrogen) atoms. The Morgan fingerprint density at radius 1 is 1.61 bits per heavy atom. The second kappa shape index (κ2) is 5.97. The van der Waals surface area contributed by atoms with E-state index in [1.807, 2.05) is 6.92 Å². The number of aromatic hydroxyl groups is 1. The SMILES string of the molecule is CCCC(N)C(=O)Nc1ccc(O)cc1[N+](=O)[O-]. The smallest absolute Gasteiger partial charge is 0.296 e. The molecule has 1 unspecified atom stereocenters. The van der Waals surface area contributed by atoms with Crippen LogP contribution in [-0.4, -0.2) is 22.0 Å². The van der Waals surface area contributed by atoms with Gasteiger partial charge >= 0.3 is 0 Å². The second-order valence-electron chi connectivity index (χ2n) is 3.84. The summed E-state index contributed by atoms with van der Waals surface area (Å²) in [6.45, 7) is 1.89. The fourth-order valence-electron chi connectivity index (χ4n) is 1.44. The maximum atomic E-state index is 11.6. The number of nitrogens with two attached hydrogens (primary N) is 1. The van der Waals surface area contributed by atoms with Crippen LogP contribution in [0.2, 0.25) is 0 Å². The average Bonchev–Trinajstić information content (AvgIpc) is 2.31. The highest BCUT2D eigenvalue weighted by atomic mass is 16.6. The Morgan fingerprint density at radius 2 is 2.28 bits per heavy atom. The molecular formula is C11H15N3O4. The summed E-state index contributed by atoms with van der Waals surface area (Å²) >= 11 is 0. The highest BCUT2D eigenvalue weighted by molar-refractivity contribution is 5.96. The molecule has 0 bridgehead atoms. The number of nitro groups is 1. The molecule has 7 heteroatoms. The number of amides is 1. The number of carbonyl (C=O) groups is 1. The molecule has 98 valence electrons. The summed E-state index contributed by atoms with van der Waals surface area (Å²) in [5.74, 6) is -0.719. The molecule has 1 rings (SSSR count). The maximum Gasteiger partial charge on any atom is 0.296 e. The van der Waals surface area contributed by atoms with Crippen molar-refractivity contribution in [1.82, 2.24) is 0 Å². The van der Waals surface area contributed by atoms with Gasteiger partial charge in [-0.05, 0) is 18.6 Å². The first-order valence-electron chi connectivity index (χ1n) is 5.49. The molecule has 7 nitrogen and oxygen atoms in total. The lowest BCUT2D eigenvalue weighted by Gasteiger charge is -2.11. The molecular weight excluding hydrogens is 238 g/mol. The number of carbonyl (C=O) groups excluding carboxylic acids is 1. The van der Waals surface area contributed by atoms with Crippen molar-refractivity contribution in [2.24, 2.45) is 5.73 Å². The van der Waals surface area contributed by atoms with Gasteiger partial charge in [-0.1, -0.05) is 13.3 Å². The number of anilines is 1. The predicted octanol–water partition coefficient (Wildman–Crippen LogP) is 1.37. The van der Waals surface area contributed by atoms with Crippen LogP contribution in [0, 0.1) is 10.1 Å². The topological polar surface area (TPSA) is 118 Å². The van der Waals surface area contributed by atoms with Crippen molar-refractivity contribution in [2.45, 2.75) is 25.8 Å². The summed E-state index contributed by atoms with van der Waals surface area (Å²) in [5, 5.41) is 22.3. The van der Waals surface area contributed by atoms with Crippen molar-refractivity contribution in [3.63, 3.8) is 0 Å². The van der Waals surface area contributed by atoms with E-state index >= 15 is 0 Å². The highest BCUT2D eigenvalue weighted by Crippen LogP contribution is 2.28. The molecule has 1 aromatic carbocycles. The Balaban J connectivity index is 2.90. The lowest BCUT2D eigenvalue weighted by Crippen LogP contribution is -2.35. The van der Waals surface area contributed by atoms with Crippen LogP contribution in [0.3, 0.4) is 0 Å². The highest BCUT2D eigenvalue weighted by Gasteiger charge is 2.19. The second-order valence-corrected chi connectivity index (χ2v) is 3.84. The molecule has 1 atom stereocenters. The Labute approximate surface area is 104 Å². The third-order valence-electron chi connectivity index (χ3n) is 2.37. The largest absolute Gasteiger partial charge is 0.508 e. The standard InChI is InChI=1S/C11H15N3O4/c1-2-3-8(12)11(16)13-9-5-4-7(15)6-10(9)14(17)18/h4-6,8,15H,2-3,12H2,1H3,(H,13,16). The molecule has 1 aromatic rings. The summed E-state index contributed by atoms with van der Waals surface area (Å²) in [6, 6.07) is 2.79. The summed E-state index contributed by atoms with van der Waals surface area (Å²) in [4.78, 5) is 21.7. The zero-order valence-electron chi connectivity index (χ0n) is 9.92. The normalized spacial score (nSPS) is 11.9. The lowest BCUT2D eigenvalue weighted by atomic mass is 10.1. The molecule has 0 aromatic heterocycles. The van der Waals surface area contributed by atoms with Gasteiger partial charge in [-0.15, -0.1) is 0 Å². The van der Waals surface area contributed by atoms with Crippen LogP contribution in [0.5, 0.6) is 5.75 Å². The molecule has 0 aliphatic heterocycles. The third-order valence-corrected chi connectivity index (χ3v) is 2.37. The number of nitrogens with one attached hydrogen (secondary N) is 1. The van der Waals surface area contributed by atoms with Gasteiger partial charge in [0.15, 0.2) is 0 Å². The monoisotopic (exact) mass is 253 g/mol. The van der Waals surface area contributed by atoms with Crippen LogP contribution in [-0.2, 0) is 4.79 Å². The molecule has 0 aliphatic rings. The quantitative estimate of drug-likeness (QED) is 0.416. The fourth-order valence-corrected chi connectivity index (χ4v) is 1.44. The van der Waals surface area contributed by atoms with E-state index in [9.17, 15) is 20.0 Å². The van der Waals surface area contributed by atoms with Crippen molar-refractivity contribution in [3.8, 4) is 5.75 Å². The lowest BCUT2D eigenvalue weighted by molar-refractivity contribution is -0.384. The van der Waals surface area contributed by atoms with Crippen LogP contribution in [0.1, 0.15) is 19.8 Å². The summed E-state index contributed by atoms with van der Waals surface area (Å²) in [6.07, 6.45) is 1.24. The van der Waals surface area contributed by atoms with Gasteiger partial charge in [0.25, 0.3) is 5.69 Å². The third kappa shape index (κ3) is 3.42. The van der Waals surface area contributed by atoms with Gasteiger partial charge in [0.1, 0.15) is 11.4 Å². The van der Waals surface area contributed by atoms with Crippen LogP contribution in [0.25, 0.3) is 0 Å². The van der Waals surface area contributed by atoms with Crippen LogP contribution in [0.4, 0.5) is 11.4 Å². The van der Waals surface area contributed by atoms with Gasteiger partial charge < -0.3 is 16.2 Å². The number of hydrogen-bond acceptors (Lipinski definition) is 5. The number of rotatable bonds is 5. The van der Waals surface area contributed by atoms with Crippen molar-refractivity contribution in [3.05, 3.63) is 28.3 Å². The van der Waals surface area contributed by atoms with Gasteiger partial charge in [-0.2, -0.15) is 0 Å². The number of nitrogens with zero attached hydrogens (tertiary/aromatic N) is 1. The molecule has 1 amide bonds. The van der Waals surface area contributed by atoms with Gasteiger partial charge in [-0.3, -0.25) is 14.9 Å². The first kappa shape index (κ1) is 13.9. The molecule has 0 saturated carbocycles. The number of phenols is 1. The molecule has 0 fully saturated rings. The minimum atomic E-state index is -0.705. The van der Waals surface area contributed by atoms with E-state index in [4.69, 9.17) is 5.73 Å². The van der Waals surface area contributed by atoms with Gasteiger partial charge in [0, 0.05) is 0 Å². The summed E-state index contributed by atoms with van der Waals surface area (Å²) in [5.41, 5.74) is 5.25. The van der Waals surface area contributed by atoms with E-state index in [1.54, 1.807) is 0 Å². The van der Waals surface area contributed by atoms with Gasteiger partial charge in [0.2, 0.25) is 5.91 Å². The van der Waals surface area contributed by atoms with E-state index in [-0.39, 0.29) is 17.1 Å². The molecule has 0 heterocycles. The van der Waals surface area contributed by atoms with Crippen LogP contribution >= 0.6 is 0 Å². The fraction of sp³-hybridized carbons (Fsp3) is 0.364. The summed E-state index contributed by atoms with van der Waals surface area (Å²) in [7, 11) is 0. The van der Waals surface area contributed by atoms with Crippen LogP contribution in [0.15, 0.2) is 18.2 Å². The summed E-state index contributed by atoms with van der Waals surface area (Å²) < 4.78 is 0. The molecule has 0 saturated heterocycles. The van der Waals surface area contributed by atoms with Crippen molar-refractivity contribution >= 4 is 17.3 Å². The van der Waals surface area contributed by atoms with Crippen LogP contribution < -0.4 is 11.1 Å². The first-order chi connectivity index (χ1) is 8.45. The Morgan fingerprint density at radius 3 is 2.83 bits per heavy atom. The van der Waals surface area contributed by atoms with E-state index in [0.29, 0.717) is 6.42 Å². The van der Waals surface area contributed by atoms with Crippen molar-refractivity contribution in [2.75, 3.05) is 5.32 Å². The Kier molecular flexibility index (Phi) is 4.61. The van der Waals surface area contributed by atoms with Crippen molar-refractivity contribution in [1.29, 1.82) is 0 Å². The van der Waals surface area contributed by atoms with Gasteiger partial charge in [0.05, 0.1) is 17.0 Å². The first-order valence-corrected chi connectivity index (χ1v) is 5.49. The average molecular weight is 253 g/mol. The van der Waals surface area contributed by atoms with E-state index in [2.05, 4.69) is 5.32 Å².